The Balaban J connectivity index is 1.12. The maximum absolute atomic E-state index is 13.5. The van der Waals surface area contributed by atoms with Gasteiger partial charge >= 0.3 is 0 Å². The average molecular weight is 663 g/mol. The first-order valence-corrected chi connectivity index (χ1v) is 17.7. The lowest BCUT2D eigenvalue weighted by Gasteiger charge is -2.28. The molecular formula is C38H48ClFN4O3. The number of piperidine rings is 2. The average Bonchev–Trinajstić information content (AvgIpc) is 3.49. The Bertz CT molecular complexity index is 1530. The normalized spacial score (nSPS) is 20.1. The summed E-state index contributed by atoms with van der Waals surface area (Å²) in [5.74, 6) is 1.85. The van der Waals surface area contributed by atoms with Crippen LogP contribution in [0.25, 0.3) is 11.1 Å². The molecule has 1 aliphatic carbocycles. The molecule has 3 aromatic carbocycles. The topological polar surface area (TPSA) is 74.9 Å². The molecule has 1 unspecified atom stereocenters. The zero-order valence-electron chi connectivity index (χ0n) is 27.7. The van der Waals surface area contributed by atoms with Gasteiger partial charge in [0, 0.05) is 56.8 Å². The summed E-state index contributed by atoms with van der Waals surface area (Å²) >= 11 is 6.88. The van der Waals surface area contributed by atoms with Gasteiger partial charge in [0.2, 0.25) is 5.91 Å². The third-order valence-electron chi connectivity index (χ3n) is 9.86. The highest BCUT2D eigenvalue weighted by molar-refractivity contribution is 6.33. The standard InChI is InChI=1S/C38H48ClFN4O3/c1-3-46-37-22-35(33(39)21-26(37)23-41-28-11-14-38(45)42-24-28)43-34-13-12-31-30(8-4-9-32(31)34)29-7-5-10-36(25(29)2)47-20-6-17-44-18-15-27(40)16-19-44/h4-5,7-10,21-22,27-28,34,41,43H,3,6,11-20,23-24H2,1-2H3,(H,42,45)/t28-,34?/m0/s1. The molecule has 1 amide bonds. The van der Waals surface area contributed by atoms with Gasteiger partial charge in [-0.05, 0) is 92.3 Å². The number of nitrogens with zero attached hydrogens (tertiary/aromatic N) is 1. The number of fused-ring (bicyclic) bond motifs is 1. The Morgan fingerprint density at radius 3 is 2.60 bits per heavy atom. The summed E-state index contributed by atoms with van der Waals surface area (Å²) in [5, 5.41) is 10.9. The van der Waals surface area contributed by atoms with Gasteiger partial charge in [-0.1, -0.05) is 41.9 Å². The molecule has 252 valence electrons. The minimum atomic E-state index is -0.635. The molecule has 0 saturated carbocycles. The van der Waals surface area contributed by atoms with Gasteiger partial charge in [-0.25, -0.2) is 4.39 Å². The van der Waals surface area contributed by atoms with Crippen LogP contribution in [-0.2, 0) is 17.8 Å². The van der Waals surface area contributed by atoms with Gasteiger partial charge in [0.05, 0.1) is 30.0 Å². The Hall–Kier alpha value is -3.33. The van der Waals surface area contributed by atoms with Crippen LogP contribution in [0, 0.1) is 6.92 Å². The van der Waals surface area contributed by atoms with Crippen LogP contribution in [-0.4, -0.2) is 62.4 Å². The van der Waals surface area contributed by atoms with Crippen molar-refractivity contribution in [3.63, 3.8) is 0 Å². The van der Waals surface area contributed by atoms with Crippen molar-refractivity contribution in [2.75, 3.05) is 44.7 Å². The Labute approximate surface area is 283 Å². The van der Waals surface area contributed by atoms with Gasteiger partial charge in [0.25, 0.3) is 0 Å². The van der Waals surface area contributed by atoms with E-state index >= 15 is 0 Å². The summed E-state index contributed by atoms with van der Waals surface area (Å²) in [4.78, 5) is 13.9. The third kappa shape index (κ3) is 8.22. The van der Waals surface area contributed by atoms with E-state index in [1.807, 2.05) is 19.1 Å². The van der Waals surface area contributed by atoms with Crippen LogP contribution in [0.15, 0.2) is 48.5 Å². The van der Waals surface area contributed by atoms with E-state index in [0.29, 0.717) is 50.6 Å². The van der Waals surface area contributed by atoms with Crippen molar-refractivity contribution >= 4 is 23.2 Å². The minimum Gasteiger partial charge on any atom is -0.493 e. The molecule has 0 spiro atoms. The van der Waals surface area contributed by atoms with Crippen molar-refractivity contribution in [3.8, 4) is 22.6 Å². The van der Waals surface area contributed by atoms with Gasteiger partial charge in [0.1, 0.15) is 17.7 Å². The molecule has 0 radical (unpaired) electrons. The van der Waals surface area contributed by atoms with Crippen LogP contribution in [0.4, 0.5) is 10.1 Å². The molecule has 0 aromatic heterocycles. The van der Waals surface area contributed by atoms with Crippen molar-refractivity contribution in [1.82, 2.24) is 15.5 Å². The first-order valence-electron chi connectivity index (χ1n) is 17.3. The van der Waals surface area contributed by atoms with Gasteiger partial charge in [0.15, 0.2) is 0 Å². The van der Waals surface area contributed by atoms with Crippen LogP contribution in [0.5, 0.6) is 11.5 Å². The number of hydrogen-bond donors (Lipinski definition) is 3. The highest BCUT2D eigenvalue weighted by Crippen LogP contribution is 2.43. The molecule has 6 rings (SSSR count). The van der Waals surface area contributed by atoms with Gasteiger partial charge < -0.3 is 30.3 Å². The number of ether oxygens (including phenoxy) is 2. The minimum absolute atomic E-state index is 0.115. The fraction of sp³-hybridized carbons (Fsp3) is 0.500. The zero-order valence-corrected chi connectivity index (χ0v) is 28.4. The van der Waals surface area contributed by atoms with E-state index in [-0.39, 0.29) is 18.0 Å². The fourth-order valence-corrected chi connectivity index (χ4v) is 7.44. The number of amides is 1. The van der Waals surface area contributed by atoms with Gasteiger partial charge in [-0.3, -0.25) is 4.79 Å². The molecule has 2 aliphatic heterocycles. The van der Waals surface area contributed by atoms with Gasteiger partial charge in [-0.2, -0.15) is 0 Å². The highest BCUT2D eigenvalue weighted by Gasteiger charge is 2.27. The molecular weight excluding hydrogens is 615 g/mol. The first-order chi connectivity index (χ1) is 22.9. The Morgan fingerprint density at radius 2 is 1.81 bits per heavy atom. The third-order valence-corrected chi connectivity index (χ3v) is 10.2. The quantitative estimate of drug-likeness (QED) is 0.166. The smallest absolute Gasteiger partial charge is 0.220 e. The number of nitrogens with one attached hydrogen (secondary N) is 3. The van der Waals surface area contributed by atoms with E-state index in [4.69, 9.17) is 21.1 Å². The van der Waals surface area contributed by atoms with E-state index in [1.165, 1.54) is 22.3 Å². The lowest BCUT2D eigenvalue weighted by Crippen LogP contribution is -2.45. The lowest BCUT2D eigenvalue weighted by atomic mass is 9.93. The van der Waals surface area contributed by atoms with Crippen LogP contribution in [0.1, 0.15) is 73.7 Å². The van der Waals surface area contributed by atoms with Crippen molar-refractivity contribution in [1.29, 1.82) is 0 Å². The van der Waals surface area contributed by atoms with E-state index < -0.39 is 6.17 Å². The monoisotopic (exact) mass is 662 g/mol. The van der Waals surface area contributed by atoms with E-state index in [0.717, 1.165) is 73.6 Å². The summed E-state index contributed by atoms with van der Waals surface area (Å²) in [5.41, 5.74) is 8.15. The molecule has 3 N–H and O–H groups in total. The van der Waals surface area contributed by atoms with E-state index in [2.05, 4.69) is 64.2 Å². The number of carbonyl (C=O) groups excluding carboxylic acids is 1. The molecule has 2 fully saturated rings. The number of rotatable bonds is 13. The maximum atomic E-state index is 13.5. The van der Waals surface area contributed by atoms with Crippen LogP contribution < -0.4 is 25.4 Å². The van der Waals surface area contributed by atoms with Crippen molar-refractivity contribution in [3.05, 3.63) is 75.8 Å². The highest BCUT2D eigenvalue weighted by atomic mass is 35.5. The first kappa shape index (κ1) is 33.6. The molecule has 9 heteroatoms. The van der Waals surface area contributed by atoms with Crippen molar-refractivity contribution in [2.24, 2.45) is 0 Å². The number of alkyl halides is 1. The molecule has 0 bridgehead atoms. The molecule has 3 aliphatic rings. The summed E-state index contributed by atoms with van der Waals surface area (Å²) in [6, 6.07) is 17.3. The summed E-state index contributed by atoms with van der Waals surface area (Å²) in [7, 11) is 0. The van der Waals surface area contributed by atoms with Crippen LogP contribution in [0.2, 0.25) is 5.02 Å². The predicted octanol–water partition coefficient (Wildman–Crippen LogP) is 7.38. The SMILES string of the molecule is CCOc1cc(NC2CCc3c(-c4cccc(OCCCN5CCC(F)CC5)c4C)cccc32)c(Cl)cc1CN[C@H]1CCC(=O)NC1. The fourth-order valence-electron chi connectivity index (χ4n) is 7.20. The molecule has 2 atom stereocenters. The number of benzene rings is 3. The zero-order chi connectivity index (χ0) is 32.8. The number of hydrogen-bond acceptors (Lipinski definition) is 6. The molecule has 47 heavy (non-hydrogen) atoms. The van der Waals surface area contributed by atoms with E-state index in [1.54, 1.807) is 0 Å². The second-order valence-corrected chi connectivity index (χ2v) is 13.5. The molecule has 2 heterocycles. The van der Waals surface area contributed by atoms with Gasteiger partial charge in [-0.15, -0.1) is 0 Å². The summed E-state index contributed by atoms with van der Waals surface area (Å²) in [6.07, 6.45) is 4.91. The number of halogens is 2. The maximum Gasteiger partial charge on any atom is 0.220 e. The number of carbonyl (C=O) groups is 1. The van der Waals surface area contributed by atoms with Crippen molar-refractivity contribution < 1.29 is 18.7 Å². The lowest BCUT2D eigenvalue weighted by molar-refractivity contribution is -0.122. The molecule has 7 nitrogen and oxygen atoms in total. The largest absolute Gasteiger partial charge is 0.493 e. The molecule has 2 saturated heterocycles. The van der Waals surface area contributed by atoms with E-state index in [9.17, 15) is 9.18 Å². The van der Waals surface area contributed by atoms with Crippen LogP contribution in [0.3, 0.4) is 0 Å². The summed E-state index contributed by atoms with van der Waals surface area (Å²) < 4.78 is 25.8. The number of anilines is 1. The van der Waals surface area contributed by atoms with Crippen LogP contribution >= 0.6 is 11.6 Å². The second kappa shape index (κ2) is 15.7. The van der Waals surface area contributed by atoms with Crippen molar-refractivity contribution in [2.45, 2.75) is 83.6 Å². The Morgan fingerprint density at radius 1 is 1.00 bits per heavy atom. The summed E-state index contributed by atoms with van der Waals surface area (Å²) in [6.45, 7) is 9.24. The molecule has 3 aromatic rings. The second-order valence-electron chi connectivity index (χ2n) is 13.0. The number of likely N-dealkylation sites (tertiary alicyclic amines) is 1. The predicted molar refractivity (Wildman–Crippen MR) is 187 cm³/mol. The Kier molecular flexibility index (Phi) is 11.2.